The average molecular weight is 383 g/mol. The molecule has 29 heavy (non-hydrogen) atoms. The Morgan fingerprint density at radius 2 is 0.966 bits per heavy atom. The van der Waals surface area contributed by atoms with Crippen LogP contribution >= 0.6 is 0 Å². The van der Waals surface area contributed by atoms with E-state index in [0.717, 1.165) is 5.75 Å². The van der Waals surface area contributed by atoms with Gasteiger partial charge in [0.2, 0.25) is 0 Å². The molecule has 4 aromatic rings. The van der Waals surface area contributed by atoms with E-state index in [4.69, 9.17) is 4.74 Å². The number of hydrogen-bond acceptors (Lipinski definition) is 1. The Morgan fingerprint density at radius 1 is 0.552 bits per heavy atom. The van der Waals surface area contributed by atoms with E-state index in [2.05, 4.69) is 91.9 Å². The van der Waals surface area contributed by atoms with E-state index in [1.807, 2.05) is 30.3 Å². The van der Waals surface area contributed by atoms with Gasteiger partial charge in [-0.3, -0.25) is 0 Å². The van der Waals surface area contributed by atoms with Crippen LogP contribution in [0.4, 0.5) is 0 Å². The van der Waals surface area contributed by atoms with E-state index in [9.17, 15) is 0 Å². The molecule has 0 amide bonds. The normalized spacial score (nSPS) is 10.7. The molecule has 0 saturated heterocycles. The van der Waals surface area contributed by atoms with Crippen molar-refractivity contribution >= 4 is 0 Å². The van der Waals surface area contributed by atoms with Gasteiger partial charge in [0, 0.05) is 11.5 Å². The minimum Gasteiger partial charge on any atom is -0.496 e. The molecular weight excluding hydrogens is 352 g/mol. The summed E-state index contributed by atoms with van der Waals surface area (Å²) in [6, 6.07) is 39.4. The molecule has 4 aromatic carbocycles. The van der Waals surface area contributed by atoms with Crippen LogP contribution in [0.5, 0.6) is 5.75 Å². The van der Waals surface area contributed by atoms with Crippen molar-refractivity contribution in [3.8, 4) is 16.9 Å². The fourth-order valence-electron chi connectivity index (χ4n) is 3.21. The molecule has 1 heteroatoms. The Hall–Kier alpha value is -3.32. The van der Waals surface area contributed by atoms with Crippen molar-refractivity contribution in [1.29, 1.82) is 0 Å². The number of hydrogen-bond donors (Lipinski definition) is 0. The van der Waals surface area contributed by atoms with Crippen molar-refractivity contribution < 1.29 is 4.74 Å². The number of benzene rings is 4. The van der Waals surface area contributed by atoms with Crippen molar-refractivity contribution in [2.24, 2.45) is 0 Å². The highest BCUT2D eigenvalue weighted by molar-refractivity contribution is 5.62. The first kappa shape index (κ1) is 22.0. The first-order valence-corrected chi connectivity index (χ1v) is 9.58. The summed E-state index contributed by atoms with van der Waals surface area (Å²) in [6.45, 7) is 2.20. The summed E-state index contributed by atoms with van der Waals surface area (Å²) >= 11 is 0. The molecule has 0 N–H and O–H groups in total. The molecule has 0 aliphatic carbocycles. The Morgan fingerprint density at radius 3 is 1.45 bits per heavy atom. The van der Waals surface area contributed by atoms with E-state index >= 15 is 0 Å². The van der Waals surface area contributed by atoms with Crippen molar-refractivity contribution in [3.63, 3.8) is 0 Å². The lowest BCUT2D eigenvalue weighted by Gasteiger charge is -2.15. The first-order chi connectivity index (χ1) is 13.8. The zero-order valence-electron chi connectivity index (χ0n) is 16.5. The van der Waals surface area contributed by atoms with E-state index in [1.165, 1.54) is 22.3 Å². The second-order valence-electron chi connectivity index (χ2n) is 6.61. The molecule has 1 atom stereocenters. The van der Waals surface area contributed by atoms with Gasteiger partial charge in [0.1, 0.15) is 5.75 Å². The van der Waals surface area contributed by atoms with Crippen LogP contribution in [0.15, 0.2) is 115 Å². The van der Waals surface area contributed by atoms with Gasteiger partial charge in [0.15, 0.2) is 0 Å². The number of methoxy groups -OCH3 is 1. The highest BCUT2D eigenvalue weighted by atomic mass is 16.5. The molecule has 1 unspecified atom stereocenters. The first-order valence-electron chi connectivity index (χ1n) is 9.58. The molecule has 1 nitrogen and oxygen atoms in total. The van der Waals surface area contributed by atoms with Crippen LogP contribution in [-0.2, 0) is 0 Å². The molecule has 0 aliphatic rings. The molecular formula is C28H30O. The summed E-state index contributed by atoms with van der Waals surface area (Å²) in [5.74, 6) is 1.32. The van der Waals surface area contributed by atoms with Crippen molar-refractivity contribution in [1.82, 2.24) is 0 Å². The maximum Gasteiger partial charge on any atom is 0.122 e. The highest BCUT2D eigenvalue weighted by Crippen LogP contribution is 2.30. The largest absolute Gasteiger partial charge is 0.496 e. The smallest absolute Gasteiger partial charge is 0.122 e. The van der Waals surface area contributed by atoms with Crippen LogP contribution in [-0.4, -0.2) is 7.11 Å². The monoisotopic (exact) mass is 382 g/mol. The third-order valence-corrected chi connectivity index (χ3v) is 4.79. The molecule has 0 aliphatic heterocycles. The quantitative estimate of drug-likeness (QED) is 0.349. The fraction of sp³-hybridized carbons (Fsp3) is 0.143. The zero-order chi connectivity index (χ0) is 19.6. The van der Waals surface area contributed by atoms with Gasteiger partial charge in [-0.15, -0.1) is 0 Å². The maximum absolute atomic E-state index is 5.39. The Bertz CT molecular complexity index is 909. The molecule has 0 aromatic heterocycles. The Labute approximate surface area is 175 Å². The van der Waals surface area contributed by atoms with Gasteiger partial charge in [-0.1, -0.05) is 124 Å². The van der Waals surface area contributed by atoms with Gasteiger partial charge in [-0.25, -0.2) is 0 Å². The molecule has 0 bridgehead atoms. The summed E-state index contributed by atoms with van der Waals surface area (Å²) in [4.78, 5) is 0. The number of rotatable bonds is 4. The number of para-hydroxylation sites is 1. The molecule has 0 fully saturated rings. The molecule has 0 spiro atoms. The molecule has 148 valence electrons. The van der Waals surface area contributed by atoms with Gasteiger partial charge in [0.05, 0.1) is 7.11 Å². The average Bonchev–Trinajstić information content (AvgIpc) is 2.81. The predicted molar refractivity (Wildman–Crippen MR) is 126 cm³/mol. The maximum atomic E-state index is 5.39. The summed E-state index contributed by atoms with van der Waals surface area (Å²) in [5, 5.41) is 0. The van der Waals surface area contributed by atoms with E-state index in [0.29, 0.717) is 5.92 Å². The predicted octanol–water partition coefficient (Wildman–Crippen LogP) is 7.84. The minimum absolute atomic E-state index is 0. The van der Waals surface area contributed by atoms with Crippen LogP contribution in [0.25, 0.3) is 11.1 Å². The van der Waals surface area contributed by atoms with Crippen molar-refractivity contribution in [2.75, 3.05) is 7.11 Å². The third-order valence-electron chi connectivity index (χ3n) is 4.79. The summed E-state index contributed by atoms with van der Waals surface area (Å²) in [5.41, 5.74) is 5.10. The summed E-state index contributed by atoms with van der Waals surface area (Å²) < 4.78 is 5.39. The standard InChI is InChI=1S/C15H16O.C12H10.CH4/c1-12(13-8-4-3-5-9-13)14-10-6-7-11-15(14)16-2;1-3-7-11(8-4-1)12-9-5-2-6-10-12;/h3-12H,1-2H3;1-10H;1H4. The van der Waals surface area contributed by atoms with Gasteiger partial charge in [-0.05, 0) is 22.8 Å². The van der Waals surface area contributed by atoms with Crippen LogP contribution in [0, 0.1) is 0 Å². The van der Waals surface area contributed by atoms with Crippen molar-refractivity contribution in [3.05, 3.63) is 126 Å². The van der Waals surface area contributed by atoms with Gasteiger partial charge in [0.25, 0.3) is 0 Å². The Balaban J connectivity index is 0.000000207. The van der Waals surface area contributed by atoms with Gasteiger partial charge in [-0.2, -0.15) is 0 Å². The van der Waals surface area contributed by atoms with Crippen LogP contribution in [0.3, 0.4) is 0 Å². The molecule has 4 rings (SSSR count). The lowest BCUT2D eigenvalue weighted by molar-refractivity contribution is 0.408. The highest BCUT2D eigenvalue weighted by Gasteiger charge is 2.11. The van der Waals surface area contributed by atoms with Gasteiger partial charge < -0.3 is 4.74 Å². The molecule has 0 radical (unpaired) electrons. The summed E-state index contributed by atoms with van der Waals surface area (Å²) in [6.07, 6.45) is 0. The topological polar surface area (TPSA) is 9.23 Å². The lowest BCUT2D eigenvalue weighted by atomic mass is 9.92. The van der Waals surface area contributed by atoms with Crippen LogP contribution < -0.4 is 4.74 Å². The van der Waals surface area contributed by atoms with Crippen LogP contribution in [0.2, 0.25) is 0 Å². The molecule has 0 heterocycles. The third kappa shape index (κ3) is 6.08. The van der Waals surface area contributed by atoms with Crippen molar-refractivity contribution in [2.45, 2.75) is 20.3 Å². The molecule has 0 saturated carbocycles. The van der Waals surface area contributed by atoms with Gasteiger partial charge >= 0.3 is 0 Å². The SMILES string of the molecule is C.COc1ccccc1C(C)c1ccccc1.c1ccc(-c2ccccc2)cc1. The van der Waals surface area contributed by atoms with E-state index < -0.39 is 0 Å². The Kier molecular flexibility index (Phi) is 8.72. The summed E-state index contributed by atoms with van der Waals surface area (Å²) in [7, 11) is 1.72. The number of ether oxygens (including phenoxy) is 1. The zero-order valence-corrected chi connectivity index (χ0v) is 16.5. The lowest BCUT2D eigenvalue weighted by Crippen LogP contribution is -1.98. The minimum atomic E-state index is 0. The van der Waals surface area contributed by atoms with E-state index in [-0.39, 0.29) is 7.43 Å². The second-order valence-corrected chi connectivity index (χ2v) is 6.61. The van der Waals surface area contributed by atoms with E-state index in [1.54, 1.807) is 7.11 Å². The second kappa shape index (κ2) is 11.5. The van der Waals surface area contributed by atoms with Crippen LogP contribution in [0.1, 0.15) is 31.4 Å². The fourth-order valence-corrected chi connectivity index (χ4v) is 3.21.